The number of carbonyl (C=O) groups excluding carboxylic acids is 3. The highest BCUT2D eigenvalue weighted by Gasteiger charge is 2.65. The lowest BCUT2D eigenvalue weighted by molar-refractivity contribution is -0.484. The highest BCUT2D eigenvalue weighted by molar-refractivity contribution is 6.30. The number of hydrogen-bond donors (Lipinski definition) is 0. The molecule has 0 fully saturated rings. The van der Waals surface area contributed by atoms with E-state index >= 15 is 0 Å². The number of ketones is 1. The second kappa shape index (κ2) is 7.46. The molecule has 0 spiro atoms. The Morgan fingerprint density at radius 1 is 1.17 bits per heavy atom. The minimum absolute atomic E-state index is 0.162. The number of esters is 1. The lowest BCUT2D eigenvalue weighted by Gasteiger charge is -2.39. The van der Waals surface area contributed by atoms with Crippen molar-refractivity contribution in [2.75, 3.05) is 18.6 Å². The van der Waals surface area contributed by atoms with Gasteiger partial charge in [0.2, 0.25) is 23.8 Å². The number of nitrogens with zero attached hydrogens (tertiary/aromatic N) is 2. The Morgan fingerprint density at radius 3 is 2.38 bits per heavy atom. The van der Waals surface area contributed by atoms with Gasteiger partial charge in [0.05, 0.1) is 18.7 Å². The van der Waals surface area contributed by atoms with Crippen LogP contribution in [0.25, 0.3) is 0 Å². The number of amides is 1. The number of aryl methyl sites for hydroxylation is 1. The number of nitro groups is 1. The molecule has 8 heteroatoms. The van der Waals surface area contributed by atoms with E-state index in [0.717, 1.165) is 12.0 Å². The van der Waals surface area contributed by atoms with E-state index in [1.165, 1.54) is 13.0 Å². The predicted octanol–water partition coefficient (Wildman–Crippen LogP) is 2.52. The van der Waals surface area contributed by atoms with Gasteiger partial charge in [-0.05, 0) is 24.1 Å². The molecule has 1 aliphatic heterocycles. The Hall–Kier alpha value is -3.55. The molecule has 1 amide bonds. The zero-order valence-corrected chi connectivity index (χ0v) is 16.2. The summed E-state index contributed by atoms with van der Waals surface area (Å²) >= 11 is 0. The molecule has 0 N–H and O–H groups in total. The second-order valence-electron chi connectivity index (χ2n) is 6.89. The first-order valence-electron chi connectivity index (χ1n) is 8.97. The maximum absolute atomic E-state index is 13.7. The molecule has 2 aromatic rings. The van der Waals surface area contributed by atoms with Crippen molar-refractivity contribution in [3.63, 3.8) is 0 Å². The smallest absolute Gasteiger partial charge is 0.341 e. The summed E-state index contributed by atoms with van der Waals surface area (Å²) in [4.78, 5) is 51.6. The highest BCUT2D eigenvalue weighted by Crippen LogP contribution is 2.48. The van der Waals surface area contributed by atoms with Gasteiger partial charge in [-0.3, -0.25) is 24.6 Å². The number of rotatable bonds is 5. The van der Waals surface area contributed by atoms with Crippen molar-refractivity contribution < 1.29 is 24.0 Å². The van der Waals surface area contributed by atoms with Crippen LogP contribution in [-0.4, -0.2) is 41.8 Å². The molecule has 2 aromatic carbocycles. The Kier molecular flexibility index (Phi) is 5.19. The van der Waals surface area contributed by atoms with Crippen LogP contribution in [0, 0.1) is 17.0 Å². The van der Waals surface area contributed by atoms with E-state index in [-0.39, 0.29) is 11.3 Å². The average molecular weight is 396 g/mol. The van der Waals surface area contributed by atoms with Crippen molar-refractivity contribution in [2.45, 2.75) is 25.3 Å². The predicted molar refractivity (Wildman–Crippen MR) is 104 cm³/mol. The van der Waals surface area contributed by atoms with Crippen molar-refractivity contribution in [3.05, 3.63) is 75.3 Å². The number of methoxy groups -OCH3 is 1. The van der Waals surface area contributed by atoms with Crippen LogP contribution in [-0.2, 0) is 14.3 Å². The van der Waals surface area contributed by atoms with Gasteiger partial charge in [-0.1, -0.05) is 42.5 Å². The summed E-state index contributed by atoms with van der Waals surface area (Å²) in [6, 6.07) is 13.1. The van der Waals surface area contributed by atoms with E-state index in [4.69, 9.17) is 4.74 Å². The Labute approximate surface area is 167 Å². The Morgan fingerprint density at radius 2 is 1.83 bits per heavy atom. The second-order valence-corrected chi connectivity index (χ2v) is 6.89. The van der Waals surface area contributed by atoms with Gasteiger partial charge in [0, 0.05) is 17.4 Å². The average Bonchev–Trinajstić information content (AvgIpc) is 2.97. The number of fused-ring (bicyclic) bond motifs is 1. The number of benzene rings is 2. The summed E-state index contributed by atoms with van der Waals surface area (Å²) in [7, 11) is 1.10. The van der Waals surface area contributed by atoms with E-state index in [1.807, 2.05) is 0 Å². The fourth-order valence-electron chi connectivity index (χ4n) is 4.14. The van der Waals surface area contributed by atoms with Crippen LogP contribution in [0.4, 0.5) is 5.69 Å². The van der Waals surface area contributed by atoms with Crippen LogP contribution < -0.4 is 4.90 Å². The third-order valence-corrected chi connectivity index (χ3v) is 5.25. The Balaban J connectivity index is 2.40. The van der Waals surface area contributed by atoms with Gasteiger partial charge in [0.1, 0.15) is 0 Å². The summed E-state index contributed by atoms with van der Waals surface area (Å²) in [6.45, 7) is 2.20. The minimum Gasteiger partial charge on any atom is -0.467 e. The standard InChI is InChI=1S/C21H20N2O6/c1-13-8-7-11-16-18(13)23(14(2)24)21(19(16)25,20(26)29-3)17(12-22(27)28)15-9-5-4-6-10-15/h4-11,17H,12H2,1-3H3/t17-,21+/m1/s1. The summed E-state index contributed by atoms with van der Waals surface area (Å²) in [5.41, 5.74) is -0.775. The van der Waals surface area contributed by atoms with Crippen LogP contribution in [0.5, 0.6) is 0 Å². The molecule has 2 atom stereocenters. The lowest BCUT2D eigenvalue weighted by Crippen LogP contribution is -2.63. The highest BCUT2D eigenvalue weighted by atomic mass is 16.6. The zero-order valence-electron chi connectivity index (χ0n) is 16.2. The van der Waals surface area contributed by atoms with Crippen LogP contribution in [0.15, 0.2) is 48.5 Å². The molecule has 0 aromatic heterocycles. The van der Waals surface area contributed by atoms with Crippen molar-refractivity contribution in [3.8, 4) is 0 Å². The SMILES string of the molecule is COC(=O)[C@]1([C@H](C[N+](=O)[O-])c2ccccc2)C(=O)c2cccc(C)c2N1C(C)=O. The first kappa shape index (κ1) is 20.2. The van der Waals surface area contributed by atoms with E-state index in [9.17, 15) is 24.5 Å². The third kappa shape index (κ3) is 2.97. The first-order chi connectivity index (χ1) is 13.8. The van der Waals surface area contributed by atoms with Crippen molar-refractivity contribution in [2.24, 2.45) is 0 Å². The molecule has 150 valence electrons. The number of carbonyl (C=O) groups is 3. The summed E-state index contributed by atoms with van der Waals surface area (Å²) in [6.07, 6.45) is 0. The Bertz CT molecular complexity index is 1000. The van der Waals surface area contributed by atoms with Crippen molar-refractivity contribution in [1.82, 2.24) is 0 Å². The van der Waals surface area contributed by atoms with E-state index in [0.29, 0.717) is 11.1 Å². The topological polar surface area (TPSA) is 107 Å². The van der Waals surface area contributed by atoms with Crippen LogP contribution in [0.2, 0.25) is 0 Å². The van der Waals surface area contributed by atoms with Gasteiger partial charge in [-0.25, -0.2) is 4.79 Å². The molecular formula is C21H20N2O6. The maximum atomic E-state index is 13.7. The molecular weight excluding hydrogens is 376 g/mol. The van der Waals surface area contributed by atoms with E-state index < -0.39 is 40.6 Å². The number of para-hydroxylation sites is 1. The summed E-state index contributed by atoms with van der Waals surface area (Å²) in [5.74, 6) is -3.52. The molecule has 0 aliphatic carbocycles. The van der Waals surface area contributed by atoms with Gasteiger partial charge in [0.25, 0.3) is 0 Å². The van der Waals surface area contributed by atoms with Gasteiger partial charge < -0.3 is 4.74 Å². The molecule has 29 heavy (non-hydrogen) atoms. The molecule has 1 aliphatic rings. The van der Waals surface area contributed by atoms with Crippen LogP contribution in [0.1, 0.15) is 34.3 Å². The normalized spacial score (nSPS) is 18.9. The number of ether oxygens (including phenoxy) is 1. The molecule has 8 nitrogen and oxygen atoms in total. The number of hydrogen-bond acceptors (Lipinski definition) is 6. The quantitative estimate of drug-likeness (QED) is 0.333. The molecule has 0 radical (unpaired) electrons. The van der Waals surface area contributed by atoms with Crippen LogP contribution in [0.3, 0.4) is 0 Å². The fraction of sp³-hybridized carbons (Fsp3) is 0.286. The van der Waals surface area contributed by atoms with Gasteiger partial charge in [-0.2, -0.15) is 0 Å². The van der Waals surface area contributed by atoms with Crippen molar-refractivity contribution in [1.29, 1.82) is 0 Å². The monoisotopic (exact) mass is 396 g/mol. The largest absolute Gasteiger partial charge is 0.467 e. The van der Waals surface area contributed by atoms with E-state index in [1.54, 1.807) is 49.4 Å². The third-order valence-electron chi connectivity index (χ3n) is 5.25. The van der Waals surface area contributed by atoms with Gasteiger partial charge in [0.15, 0.2) is 0 Å². The first-order valence-corrected chi connectivity index (χ1v) is 8.97. The molecule has 3 rings (SSSR count). The number of Topliss-reactive ketones (excluding diaryl/α,β-unsaturated/α-hetero) is 1. The van der Waals surface area contributed by atoms with Gasteiger partial charge in [-0.15, -0.1) is 0 Å². The maximum Gasteiger partial charge on any atom is 0.341 e. The van der Waals surface area contributed by atoms with Gasteiger partial charge >= 0.3 is 5.97 Å². The molecule has 0 unspecified atom stereocenters. The molecule has 0 saturated carbocycles. The summed E-state index contributed by atoms with van der Waals surface area (Å²) < 4.78 is 4.97. The summed E-state index contributed by atoms with van der Waals surface area (Å²) in [5, 5.41) is 11.6. The fourth-order valence-corrected chi connectivity index (χ4v) is 4.14. The molecule has 0 saturated heterocycles. The molecule has 1 heterocycles. The number of anilines is 1. The lowest BCUT2D eigenvalue weighted by atomic mass is 9.75. The van der Waals surface area contributed by atoms with Crippen LogP contribution >= 0.6 is 0 Å². The zero-order chi connectivity index (χ0) is 21.3. The minimum atomic E-state index is -2.20. The van der Waals surface area contributed by atoms with E-state index in [2.05, 4.69) is 0 Å². The molecule has 0 bridgehead atoms. The van der Waals surface area contributed by atoms with Crippen molar-refractivity contribution >= 4 is 23.3 Å².